The van der Waals surface area contributed by atoms with Gasteiger partial charge in [0.1, 0.15) is 5.82 Å². The molecule has 0 atom stereocenters. The minimum atomic E-state index is -1.14. The van der Waals surface area contributed by atoms with Crippen molar-refractivity contribution in [2.24, 2.45) is 0 Å². The quantitative estimate of drug-likeness (QED) is 0.772. The third-order valence-corrected chi connectivity index (χ3v) is 3.61. The molecule has 4 nitrogen and oxygen atoms in total. The molecule has 0 amide bonds. The van der Waals surface area contributed by atoms with Gasteiger partial charge in [-0.1, -0.05) is 17.4 Å². The molecule has 0 radical (unpaired) electrons. The number of aromatic nitrogens is 2. The van der Waals surface area contributed by atoms with Gasteiger partial charge in [-0.15, -0.1) is 0 Å². The number of imidazole rings is 1. The fraction of sp³-hybridized carbons (Fsp3) is 0. The number of benzene rings is 1. The first-order chi connectivity index (χ1) is 8.66. The molecule has 3 rings (SSSR count). The van der Waals surface area contributed by atoms with Crippen LogP contribution in [0.1, 0.15) is 10.4 Å². The molecule has 2 heterocycles. The summed E-state index contributed by atoms with van der Waals surface area (Å²) in [6, 6.07) is 4.04. The molecule has 1 aromatic carbocycles. The van der Waals surface area contributed by atoms with E-state index in [4.69, 9.17) is 5.11 Å². The van der Waals surface area contributed by atoms with E-state index in [-0.39, 0.29) is 11.1 Å². The third kappa shape index (κ3) is 1.58. The average Bonchev–Trinajstić information content (AvgIpc) is 2.88. The minimum Gasteiger partial charge on any atom is -0.478 e. The van der Waals surface area contributed by atoms with Crippen LogP contribution in [0.5, 0.6) is 0 Å². The molecular weight excluding hydrogens is 255 g/mol. The van der Waals surface area contributed by atoms with E-state index in [0.29, 0.717) is 9.84 Å². The van der Waals surface area contributed by atoms with Crippen molar-refractivity contribution in [2.75, 3.05) is 0 Å². The Balaban J connectivity index is 2.28. The number of carboxylic acids is 1. The highest BCUT2D eigenvalue weighted by molar-refractivity contribution is 7.20. The maximum atomic E-state index is 13.8. The second-order valence-corrected chi connectivity index (χ2v) is 4.69. The zero-order chi connectivity index (χ0) is 12.7. The van der Waals surface area contributed by atoms with E-state index >= 15 is 0 Å². The normalized spacial score (nSPS) is 10.9. The number of fused-ring (bicyclic) bond motifs is 1. The Kier molecular flexibility index (Phi) is 2.38. The van der Waals surface area contributed by atoms with Gasteiger partial charge < -0.3 is 5.11 Å². The van der Waals surface area contributed by atoms with Crippen LogP contribution in [-0.2, 0) is 0 Å². The molecule has 0 saturated heterocycles. The van der Waals surface area contributed by atoms with E-state index in [0.717, 1.165) is 0 Å². The first-order valence-corrected chi connectivity index (χ1v) is 5.93. The summed E-state index contributed by atoms with van der Waals surface area (Å²) in [5, 5.41) is 9.09. The summed E-state index contributed by atoms with van der Waals surface area (Å²) in [7, 11) is 0. The molecule has 0 aliphatic heterocycles. The minimum absolute atomic E-state index is 0.0421. The van der Waals surface area contributed by atoms with Crippen LogP contribution in [0.4, 0.5) is 4.39 Å². The number of halogens is 1. The van der Waals surface area contributed by atoms with Crippen molar-refractivity contribution in [3.05, 3.63) is 48.2 Å². The van der Waals surface area contributed by atoms with Crippen LogP contribution < -0.4 is 0 Å². The Morgan fingerprint density at radius 2 is 2.28 bits per heavy atom. The maximum absolute atomic E-state index is 13.8. The van der Waals surface area contributed by atoms with Crippen molar-refractivity contribution in [3.63, 3.8) is 0 Å². The van der Waals surface area contributed by atoms with Crippen molar-refractivity contribution < 1.29 is 14.3 Å². The van der Waals surface area contributed by atoms with E-state index in [1.807, 2.05) is 0 Å². The lowest BCUT2D eigenvalue weighted by Gasteiger charge is -2.04. The van der Waals surface area contributed by atoms with E-state index in [2.05, 4.69) is 4.98 Å². The molecule has 0 spiro atoms. The zero-order valence-corrected chi connectivity index (χ0v) is 9.82. The first kappa shape index (κ1) is 10.9. The highest BCUT2D eigenvalue weighted by Crippen LogP contribution is 2.32. The molecule has 0 bridgehead atoms. The fourth-order valence-electron chi connectivity index (χ4n) is 1.80. The predicted octanol–water partition coefficient (Wildman–Crippen LogP) is 2.90. The van der Waals surface area contributed by atoms with Crippen molar-refractivity contribution >= 4 is 22.3 Å². The third-order valence-electron chi connectivity index (χ3n) is 2.58. The summed E-state index contributed by atoms with van der Waals surface area (Å²) in [6.45, 7) is 0. The summed E-state index contributed by atoms with van der Waals surface area (Å²) in [5.74, 6) is -1.69. The molecule has 1 N–H and O–H groups in total. The molecule has 3 aromatic rings. The van der Waals surface area contributed by atoms with Crippen molar-refractivity contribution in [1.29, 1.82) is 0 Å². The highest BCUT2D eigenvalue weighted by Gasteiger charge is 2.18. The molecule has 0 aliphatic rings. The number of carbonyl (C=O) groups is 1. The van der Waals surface area contributed by atoms with E-state index in [1.54, 1.807) is 23.0 Å². The number of hydrogen-bond donors (Lipinski definition) is 1. The van der Waals surface area contributed by atoms with Crippen LogP contribution in [0, 0.1) is 5.82 Å². The van der Waals surface area contributed by atoms with Crippen molar-refractivity contribution in [3.8, 4) is 10.4 Å². The molecule has 90 valence electrons. The topological polar surface area (TPSA) is 54.6 Å². The van der Waals surface area contributed by atoms with Gasteiger partial charge in [-0.2, -0.15) is 0 Å². The largest absolute Gasteiger partial charge is 0.478 e. The molecule has 2 aromatic heterocycles. The average molecular weight is 262 g/mol. The van der Waals surface area contributed by atoms with Gasteiger partial charge >= 0.3 is 5.97 Å². The van der Waals surface area contributed by atoms with Crippen molar-refractivity contribution in [2.45, 2.75) is 0 Å². The van der Waals surface area contributed by atoms with Crippen LogP contribution >= 0.6 is 11.3 Å². The van der Waals surface area contributed by atoms with Crippen molar-refractivity contribution in [1.82, 2.24) is 9.38 Å². The van der Waals surface area contributed by atoms with Gasteiger partial charge in [-0.3, -0.25) is 4.40 Å². The number of nitrogens with zero attached hydrogens (tertiary/aromatic N) is 2. The second kappa shape index (κ2) is 3.92. The van der Waals surface area contributed by atoms with Crippen LogP contribution in [0.3, 0.4) is 0 Å². The molecular formula is C12H7FN2O2S. The molecule has 6 heteroatoms. The Bertz CT molecular complexity index is 719. The number of carboxylic acid groups (broad SMARTS) is 1. The van der Waals surface area contributed by atoms with Crippen LogP contribution in [0.2, 0.25) is 0 Å². The SMILES string of the molecule is O=C(O)c1cccc(F)c1-c1cn2ccnc2s1. The lowest BCUT2D eigenvalue weighted by atomic mass is 10.1. The standard InChI is InChI=1S/C12H7FN2O2S/c13-8-3-1-2-7(11(16)17)10(8)9-6-15-5-4-14-12(15)18-9/h1-6H,(H,16,17). The molecule has 0 saturated carbocycles. The fourth-order valence-corrected chi connectivity index (χ4v) is 2.80. The summed E-state index contributed by atoms with van der Waals surface area (Å²) in [6.07, 6.45) is 5.05. The van der Waals surface area contributed by atoms with Gasteiger partial charge in [-0.05, 0) is 12.1 Å². The predicted molar refractivity (Wildman–Crippen MR) is 65.4 cm³/mol. The Hall–Kier alpha value is -2.21. The lowest BCUT2D eigenvalue weighted by Crippen LogP contribution is -2.00. The molecule has 0 unspecified atom stereocenters. The number of rotatable bonds is 2. The summed E-state index contributed by atoms with van der Waals surface area (Å²) >= 11 is 1.25. The smallest absolute Gasteiger partial charge is 0.336 e. The van der Waals surface area contributed by atoms with Gasteiger partial charge in [0, 0.05) is 24.2 Å². The number of aromatic carboxylic acids is 1. The molecule has 0 fully saturated rings. The summed E-state index contributed by atoms with van der Waals surface area (Å²) < 4.78 is 15.6. The Morgan fingerprint density at radius 3 is 3.00 bits per heavy atom. The Labute approximate surface area is 105 Å². The van der Waals surface area contributed by atoms with Gasteiger partial charge in [0.2, 0.25) is 0 Å². The van der Waals surface area contributed by atoms with E-state index in [9.17, 15) is 9.18 Å². The van der Waals surface area contributed by atoms with Gasteiger partial charge in [0.25, 0.3) is 0 Å². The number of hydrogen-bond acceptors (Lipinski definition) is 3. The number of thiazole rings is 1. The van der Waals surface area contributed by atoms with E-state index < -0.39 is 11.8 Å². The first-order valence-electron chi connectivity index (χ1n) is 5.11. The lowest BCUT2D eigenvalue weighted by molar-refractivity contribution is 0.0697. The Morgan fingerprint density at radius 1 is 1.44 bits per heavy atom. The van der Waals surface area contributed by atoms with Gasteiger partial charge in [0.15, 0.2) is 4.96 Å². The van der Waals surface area contributed by atoms with Gasteiger partial charge in [0.05, 0.1) is 10.4 Å². The summed E-state index contributed by atoms with van der Waals surface area (Å²) in [4.78, 5) is 16.4. The zero-order valence-electron chi connectivity index (χ0n) is 9.00. The summed E-state index contributed by atoms with van der Waals surface area (Å²) in [5.41, 5.74) is 0.0694. The monoisotopic (exact) mass is 262 g/mol. The second-order valence-electron chi connectivity index (χ2n) is 3.68. The van der Waals surface area contributed by atoms with Gasteiger partial charge in [-0.25, -0.2) is 14.2 Å². The van der Waals surface area contributed by atoms with Crippen LogP contribution in [0.25, 0.3) is 15.4 Å². The molecule has 0 aliphatic carbocycles. The maximum Gasteiger partial charge on any atom is 0.336 e. The van der Waals surface area contributed by atoms with E-state index in [1.165, 1.54) is 29.5 Å². The molecule has 18 heavy (non-hydrogen) atoms. The highest BCUT2D eigenvalue weighted by atomic mass is 32.1. The van der Waals surface area contributed by atoms with Crippen LogP contribution in [-0.4, -0.2) is 20.5 Å². The van der Waals surface area contributed by atoms with Crippen LogP contribution in [0.15, 0.2) is 36.8 Å².